The Morgan fingerprint density at radius 3 is 2.52 bits per heavy atom. The van der Waals surface area contributed by atoms with Gasteiger partial charge in [0.25, 0.3) is 0 Å². The van der Waals surface area contributed by atoms with Gasteiger partial charge >= 0.3 is 0 Å². The third-order valence-corrected chi connectivity index (χ3v) is 3.75. The molecule has 4 nitrogen and oxygen atoms in total. The molecule has 0 saturated carbocycles. The van der Waals surface area contributed by atoms with E-state index >= 15 is 0 Å². The highest BCUT2D eigenvalue weighted by Gasteiger charge is 2.12. The number of ether oxygens (including phenoxy) is 2. The number of aryl methyl sites for hydroxylation is 1. The van der Waals surface area contributed by atoms with Crippen LogP contribution in [0.4, 0.5) is 0 Å². The maximum Gasteiger partial charge on any atom is 0.179 e. The largest absolute Gasteiger partial charge is 0.493 e. The van der Waals surface area contributed by atoms with Crippen LogP contribution in [0.25, 0.3) is 0 Å². The smallest absolute Gasteiger partial charge is 0.179 e. The van der Waals surface area contributed by atoms with Crippen molar-refractivity contribution in [3.63, 3.8) is 0 Å². The van der Waals surface area contributed by atoms with E-state index in [0.717, 1.165) is 12.1 Å². The minimum atomic E-state index is 0.568. The van der Waals surface area contributed by atoms with E-state index in [1.807, 2.05) is 31.3 Å². The first kappa shape index (κ1) is 15.6. The van der Waals surface area contributed by atoms with Gasteiger partial charge in [0.2, 0.25) is 0 Å². The first-order valence-corrected chi connectivity index (χ1v) is 7.04. The molecule has 1 aromatic heterocycles. The van der Waals surface area contributed by atoms with Crippen LogP contribution in [0.15, 0.2) is 30.6 Å². The molecule has 0 aliphatic carbocycles. The summed E-state index contributed by atoms with van der Waals surface area (Å²) in [6.07, 6.45) is 3.66. The van der Waals surface area contributed by atoms with Gasteiger partial charge in [0.05, 0.1) is 19.2 Å². The number of nitrogens with zero attached hydrogens (tertiary/aromatic N) is 1. The summed E-state index contributed by atoms with van der Waals surface area (Å²) in [5.41, 5.74) is 3.37. The fourth-order valence-electron chi connectivity index (χ4n) is 2.10. The molecule has 0 bridgehead atoms. The standard InChI is InChI=1S/C16H19ClN2O2/c1-11-8-18-7-6-12(11)9-19-10-13-4-5-14(20-2)16(21-3)15(13)17/h4-8,19H,9-10H2,1-3H3. The zero-order valence-corrected chi connectivity index (χ0v) is 13.2. The first-order valence-electron chi connectivity index (χ1n) is 6.67. The van der Waals surface area contributed by atoms with Crippen molar-refractivity contribution in [2.24, 2.45) is 0 Å². The number of hydrogen-bond acceptors (Lipinski definition) is 4. The minimum absolute atomic E-state index is 0.568. The Bertz CT molecular complexity index is 617. The van der Waals surface area contributed by atoms with Crippen molar-refractivity contribution < 1.29 is 9.47 Å². The normalized spacial score (nSPS) is 10.5. The average molecular weight is 307 g/mol. The molecule has 1 aromatic carbocycles. The van der Waals surface area contributed by atoms with E-state index in [9.17, 15) is 0 Å². The lowest BCUT2D eigenvalue weighted by Crippen LogP contribution is -2.14. The number of halogens is 1. The van der Waals surface area contributed by atoms with Crippen LogP contribution in [-0.4, -0.2) is 19.2 Å². The van der Waals surface area contributed by atoms with Crippen LogP contribution in [0, 0.1) is 6.92 Å². The zero-order chi connectivity index (χ0) is 15.2. The van der Waals surface area contributed by atoms with Gasteiger partial charge in [-0.05, 0) is 35.7 Å². The molecule has 0 fully saturated rings. The molecule has 1 heterocycles. The molecule has 0 spiro atoms. The fraction of sp³-hybridized carbons (Fsp3) is 0.312. The summed E-state index contributed by atoms with van der Waals surface area (Å²) in [5.74, 6) is 1.20. The maximum absolute atomic E-state index is 6.35. The van der Waals surface area contributed by atoms with Crippen LogP contribution >= 0.6 is 11.6 Å². The monoisotopic (exact) mass is 306 g/mol. The Kier molecular flexibility index (Phi) is 5.42. The lowest BCUT2D eigenvalue weighted by Gasteiger charge is -2.13. The van der Waals surface area contributed by atoms with Crippen molar-refractivity contribution in [3.05, 3.63) is 52.3 Å². The SMILES string of the molecule is COc1ccc(CNCc2ccncc2C)c(Cl)c1OC. The van der Waals surface area contributed by atoms with Crippen LogP contribution in [0.5, 0.6) is 11.5 Å². The van der Waals surface area contributed by atoms with E-state index < -0.39 is 0 Å². The Balaban J connectivity index is 2.05. The second-order valence-electron chi connectivity index (χ2n) is 4.68. The van der Waals surface area contributed by atoms with Gasteiger partial charge in [0.1, 0.15) is 0 Å². The van der Waals surface area contributed by atoms with Crippen LogP contribution in [0.2, 0.25) is 5.02 Å². The summed E-state index contributed by atoms with van der Waals surface area (Å²) in [5, 5.41) is 3.96. The lowest BCUT2D eigenvalue weighted by atomic mass is 10.1. The van der Waals surface area contributed by atoms with Gasteiger partial charge in [-0.2, -0.15) is 0 Å². The van der Waals surface area contributed by atoms with Crippen LogP contribution in [-0.2, 0) is 13.1 Å². The van der Waals surface area contributed by atoms with Crippen molar-refractivity contribution in [3.8, 4) is 11.5 Å². The quantitative estimate of drug-likeness (QED) is 0.889. The Morgan fingerprint density at radius 2 is 1.86 bits per heavy atom. The zero-order valence-electron chi connectivity index (χ0n) is 12.4. The molecular weight excluding hydrogens is 288 g/mol. The molecule has 2 aromatic rings. The van der Waals surface area contributed by atoms with E-state index in [0.29, 0.717) is 23.1 Å². The van der Waals surface area contributed by atoms with E-state index in [1.54, 1.807) is 20.4 Å². The number of pyridine rings is 1. The molecule has 0 radical (unpaired) electrons. The molecule has 2 rings (SSSR count). The van der Waals surface area contributed by atoms with E-state index in [4.69, 9.17) is 21.1 Å². The van der Waals surface area contributed by atoms with Gasteiger partial charge in [-0.15, -0.1) is 0 Å². The summed E-state index contributed by atoms with van der Waals surface area (Å²) in [6.45, 7) is 3.47. The van der Waals surface area contributed by atoms with Crippen LogP contribution in [0.1, 0.15) is 16.7 Å². The molecule has 0 amide bonds. The lowest BCUT2D eigenvalue weighted by molar-refractivity contribution is 0.354. The third-order valence-electron chi connectivity index (χ3n) is 3.33. The highest BCUT2D eigenvalue weighted by atomic mass is 35.5. The molecule has 21 heavy (non-hydrogen) atoms. The molecule has 1 N–H and O–H groups in total. The predicted octanol–water partition coefficient (Wildman–Crippen LogP) is 3.35. The topological polar surface area (TPSA) is 43.4 Å². The molecule has 5 heteroatoms. The van der Waals surface area contributed by atoms with E-state index in [-0.39, 0.29) is 0 Å². The highest BCUT2D eigenvalue weighted by molar-refractivity contribution is 6.33. The average Bonchev–Trinajstić information content (AvgIpc) is 2.50. The maximum atomic E-state index is 6.35. The number of hydrogen-bond donors (Lipinski definition) is 1. The van der Waals surface area contributed by atoms with E-state index in [2.05, 4.69) is 10.3 Å². The number of nitrogens with one attached hydrogen (secondary N) is 1. The van der Waals surface area contributed by atoms with Gasteiger partial charge in [-0.1, -0.05) is 17.7 Å². The van der Waals surface area contributed by atoms with Gasteiger partial charge in [-0.25, -0.2) is 0 Å². The molecule has 0 aliphatic heterocycles. The summed E-state index contributed by atoms with van der Waals surface area (Å²) in [7, 11) is 3.18. The van der Waals surface area contributed by atoms with Gasteiger partial charge in [0.15, 0.2) is 11.5 Å². The van der Waals surface area contributed by atoms with Crippen molar-refractivity contribution in [1.82, 2.24) is 10.3 Å². The van der Waals surface area contributed by atoms with Crippen LogP contribution in [0.3, 0.4) is 0 Å². The molecule has 0 unspecified atom stereocenters. The molecular formula is C16H19ClN2O2. The Labute approximate surface area is 130 Å². The number of rotatable bonds is 6. The molecule has 112 valence electrons. The number of methoxy groups -OCH3 is 2. The second-order valence-corrected chi connectivity index (χ2v) is 5.06. The van der Waals surface area contributed by atoms with Crippen LogP contribution < -0.4 is 14.8 Å². The molecule has 0 saturated heterocycles. The summed E-state index contributed by atoms with van der Waals surface area (Å²) in [6, 6.07) is 5.81. The number of benzene rings is 1. The molecule has 0 aliphatic rings. The molecule has 0 atom stereocenters. The highest BCUT2D eigenvalue weighted by Crippen LogP contribution is 2.37. The Hall–Kier alpha value is -1.78. The summed E-state index contributed by atoms with van der Waals surface area (Å²) in [4.78, 5) is 4.09. The second kappa shape index (κ2) is 7.29. The van der Waals surface area contributed by atoms with Crippen molar-refractivity contribution >= 4 is 11.6 Å². The summed E-state index contributed by atoms with van der Waals surface area (Å²) < 4.78 is 10.5. The number of aromatic nitrogens is 1. The minimum Gasteiger partial charge on any atom is -0.493 e. The third kappa shape index (κ3) is 3.65. The first-order chi connectivity index (χ1) is 10.2. The Morgan fingerprint density at radius 1 is 1.10 bits per heavy atom. The predicted molar refractivity (Wildman–Crippen MR) is 84.1 cm³/mol. The van der Waals surface area contributed by atoms with Crippen molar-refractivity contribution in [1.29, 1.82) is 0 Å². The van der Waals surface area contributed by atoms with E-state index in [1.165, 1.54) is 11.1 Å². The van der Waals surface area contributed by atoms with Crippen molar-refractivity contribution in [2.45, 2.75) is 20.0 Å². The summed E-state index contributed by atoms with van der Waals surface area (Å²) >= 11 is 6.35. The van der Waals surface area contributed by atoms with Crippen molar-refractivity contribution in [2.75, 3.05) is 14.2 Å². The van der Waals surface area contributed by atoms with Gasteiger partial charge < -0.3 is 14.8 Å². The fourth-order valence-corrected chi connectivity index (χ4v) is 2.40. The van der Waals surface area contributed by atoms with Gasteiger partial charge in [0, 0.05) is 25.5 Å². The van der Waals surface area contributed by atoms with Gasteiger partial charge in [-0.3, -0.25) is 4.98 Å².